The van der Waals surface area contributed by atoms with Gasteiger partial charge in [-0.15, -0.1) is 0 Å². The number of rotatable bonds is 53. The predicted molar refractivity (Wildman–Crippen MR) is 298 cm³/mol. The van der Waals surface area contributed by atoms with E-state index in [-0.39, 0.29) is 12.8 Å². The van der Waals surface area contributed by atoms with Crippen molar-refractivity contribution < 1.29 is 50.0 Å². The van der Waals surface area contributed by atoms with Crippen LogP contribution in [0.5, 0.6) is 0 Å². The highest BCUT2D eigenvalue weighted by molar-refractivity contribution is 5.80. The molecule has 1 amide bonds. The van der Waals surface area contributed by atoms with Gasteiger partial charge in [0.05, 0.1) is 25.4 Å². The van der Waals surface area contributed by atoms with Crippen LogP contribution in [0.25, 0.3) is 0 Å². The molecule has 1 aliphatic rings. The van der Waals surface area contributed by atoms with Crippen LogP contribution in [0.4, 0.5) is 0 Å². The van der Waals surface area contributed by atoms with Crippen molar-refractivity contribution in [3.05, 3.63) is 24.3 Å². The Morgan fingerprint density at radius 2 is 0.833 bits per heavy atom. The lowest BCUT2D eigenvalue weighted by atomic mass is 9.98. The Labute approximate surface area is 442 Å². The normalized spacial score (nSPS) is 20.2. The van der Waals surface area contributed by atoms with Gasteiger partial charge in [0.15, 0.2) is 6.29 Å². The van der Waals surface area contributed by atoms with E-state index >= 15 is 0 Å². The van der Waals surface area contributed by atoms with Gasteiger partial charge in [-0.1, -0.05) is 263 Å². The van der Waals surface area contributed by atoms with Crippen LogP contribution in [0.1, 0.15) is 290 Å². The molecule has 0 radical (unpaired) electrons. The molecule has 0 bridgehead atoms. The molecule has 1 rings (SSSR count). The molecule has 1 saturated heterocycles. The molecule has 1 aliphatic heterocycles. The highest BCUT2D eigenvalue weighted by atomic mass is 16.7. The maximum atomic E-state index is 13.2. The summed E-state index contributed by atoms with van der Waals surface area (Å²) >= 11 is 0. The number of amides is 1. The van der Waals surface area contributed by atoms with Gasteiger partial charge in [0.1, 0.15) is 36.6 Å². The molecule has 9 unspecified atom stereocenters. The molecule has 0 saturated carbocycles. The molecule has 0 aromatic rings. The Balaban J connectivity index is 2.28. The van der Waals surface area contributed by atoms with Gasteiger partial charge in [-0.3, -0.25) is 4.79 Å². The first-order valence-corrected chi connectivity index (χ1v) is 30.7. The van der Waals surface area contributed by atoms with E-state index in [4.69, 9.17) is 9.47 Å². The van der Waals surface area contributed by atoms with Crippen molar-refractivity contribution in [1.82, 2.24) is 5.32 Å². The molecule has 426 valence electrons. The minimum absolute atomic E-state index is 0.249. The first kappa shape index (κ1) is 68.6. The molecule has 9 atom stereocenters. The third kappa shape index (κ3) is 38.2. The fourth-order valence-corrected chi connectivity index (χ4v) is 9.99. The van der Waals surface area contributed by atoms with Gasteiger partial charge in [0.2, 0.25) is 5.91 Å². The molecule has 0 aromatic carbocycles. The van der Waals surface area contributed by atoms with E-state index in [1.807, 2.05) is 0 Å². The zero-order valence-corrected chi connectivity index (χ0v) is 46.7. The summed E-state index contributed by atoms with van der Waals surface area (Å²) in [6, 6.07) is -1.19. The van der Waals surface area contributed by atoms with Gasteiger partial charge in [0.25, 0.3) is 0 Å². The summed E-state index contributed by atoms with van der Waals surface area (Å²) in [4.78, 5) is 13.2. The van der Waals surface area contributed by atoms with Crippen LogP contribution in [0.2, 0.25) is 0 Å². The van der Waals surface area contributed by atoms with Crippen LogP contribution in [0, 0.1) is 0 Å². The number of ether oxygens (including phenoxy) is 2. The van der Waals surface area contributed by atoms with Crippen LogP contribution < -0.4 is 5.32 Å². The average Bonchev–Trinajstić information content (AvgIpc) is 3.38. The Morgan fingerprint density at radius 1 is 0.472 bits per heavy atom. The van der Waals surface area contributed by atoms with E-state index in [0.717, 1.165) is 38.5 Å². The van der Waals surface area contributed by atoms with E-state index in [2.05, 4.69) is 43.5 Å². The summed E-state index contributed by atoms with van der Waals surface area (Å²) in [5.74, 6) is -0.706. The minimum Gasteiger partial charge on any atom is -0.394 e. The van der Waals surface area contributed by atoms with E-state index in [1.54, 1.807) is 0 Å². The summed E-state index contributed by atoms with van der Waals surface area (Å²) < 4.78 is 11.1. The standard InChI is InChI=1S/C61H117NO10/c1-3-5-7-9-11-13-15-17-19-21-22-23-24-25-26-27-28-29-30-31-32-33-35-36-38-40-42-44-46-48-53(64)56(66)52(51-71-61-59(69)58(68)57(67)55(50-63)72-61)62-60(70)54(65)49-47-45-43-41-39-37-34-20-18-16-14-12-10-8-6-4-2/h33,35,40,42,52-59,61,63-69H,3-32,34,36-39,41,43-51H2,1-2H3,(H,62,70)/b35-33+,42-40+. The summed E-state index contributed by atoms with van der Waals surface area (Å²) in [5.41, 5.74) is 0. The lowest BCUT2D eigenvalue weighted by Crippen LogP contribution is -2.60. The van der Waals surface area contributed by atoms with Gasteiger partial charge >= 0.3 is 0 Å². The van der Waals surface area contributed by atoms with Crippen LogP contribution >= 0.6 is 0 Å². The highest BCUT2D eigenvalue weighted by Gasteiger charge is 2.44. The number of carbonyl (C=O) groups excluding carboxylic acids is 1. The highest BCUT2D eigenvalue weighted by Crippen LogP contribution is 2.23. The third-order valence-electron chi connectivity index (χ3n) is 15.0. The monoisotopic (exact) mass is 1020 g/mol. The number of nitrogens with one attached hydrogen (secondary N) is 1. The quantitative estimate of drug-likeness (QED) is 0.0215. The first-order valence-electron chi connectivity index (χ1n) is 30.7. The van der Waals surface area contributed by atoms with Crippen LogP contribution in [0.15, 0.2) is 24.3 Å². The molecule has 11 nitrogen and oxygen atoms in total. The molecular weight excluding hydrogens is 907 g/mol. The van der Waals surface area contributed by atoms with Gasteiger partial charge in [-0.05, 0) is 51.4 Å². The summed E-state index contributed by atoms with van der Waals surface area (Å²) in [6.07, 6.45) is 49.7. The summed E-state index contributed by atoms with van der Waals surface area (Å²) in [6.45, 7) is 3.47. The lowest BCUT2D eigenvalue weighted by Gasteiger charge is -2.40. The van der Waals surface area contributed by atoms with E-state index in [0.29, 0.717) is 19.3 Å². The second-order valence-corrected chi connectivity index (χ2v) is 21.8. The number of allylic oxidation sites excluding steroid dienone is 4. The zero-order chi connectivity index (χ0) is 52.5. The molecular formula is C61H117NO10. The minimum atomic E-state index is -1.67. The fraction of sp³-hybridized carbons (Fsp3) is 0.918. The molecule has 0 spiro atoms. The number of carbonyl (C=O) groups is 1. The van der Waals surface area contributed by atoms with Crippen molar-refractivity contribution in [1.29, 1.82) is 0 Å². The van der Waals surface area contributed by atoms with Gasteiger partial charge in [-0.2, -0.15) is 0 Å². The number of hydrogen-bond donors (Lipinski definition) is 8. The Morgan fingerprint density at radius 3 is 1.24 bits per heavy atom. The van der Waals surface area contributed by atoms with Gasteiger partial charge in [-0.25, -0.2) is 0 Å². The van der Waals surface area contributed by atoms with Crippen molar-refractivity contribution in [2.45, 2.75) is 345 Å². The fourth-order valence-electron chi connectivity index (χ4n) is 9.99. The van der Waals surface area contributed by atoms with Gasteiger partial charge < -0.3 is 50.5 Å². The molecule has 11 heteroatoms. The van der Waals surface area contributed by atoms with E-state index in [9.17, 15) is 40.5 Å². The molecule has 0 aromatic heterocycles. The van der Waals surface area contributed by atoms with Crippen molar-refractivity contribution in [2.75, 3.05) is 13.2 Å². The third-order valence-corrected chi connectivity index (χ3v) is 15.0. The summed E-state index contributed by atoms with van der Waals surface area (Å²) in [7, 11) is 0. The first-order chi connectivity index (χ1) is 35.2. The summed E-state index contributed by atoms with van der Waals surface area (Å²) in [5, 5.41) is 76.1. The van der Waals surface area contributed by atoms with E-state index < -0.39 is 74.2 Å². The van der Waals surface area contributed by atoms with E-state index in [1.165, 1.54) is 205 Å². The van der Waals surface area contributed by atoms with Crippen LogP contribution in [-0.4, -0.2) is 110 Å². The smallest absolute Gasteiger partial charge is 0.249 e. The lowest BCUT2D eigenvalue weighted by molar-refractivity contribution is -0.303. The topological polar surface area (TPSA) is 189 Å². The number of unbranched alkanes of at least 4 members (excludes halogenated alkanes) is 37. The van der Waals surface area contributed by atoms with Crippen molar-refractivity contribution in [3.8, 4) is 0 Å². The number of aliphatic hydroxyl groups excluding tert-OH is 7. The zero-order valence-electron chi connectivity index (χ0n) is 46.7. The van der Waals surface area contributed by atoms with Crippen molar-refractivity contribution in [2.24, 2.45) is 0 Å². The maximum Gasteiger partial charge on any atom is 0.249 e. The molecule has 1 fully saturated rings. The van der Waals surface area contributed by atoms with Crippen molar-refractivity contribution in [3.63, 3.8) is 0 Å². The van der Waals surface area contributed by atoms with Gasteiger partial charge in [0, 0.05) is 0 Å². The second-order valence-electron chi connectivity index (χ2n) is 21.8. The Bertz CT molecular complexity index is 1220. The molecule has 1 heterocycles. The predicted octanol–water partition coefficient (Wildman–Crippen LogP) is 13.3. The average molecular weight is 1020 g/mol. The maximum absolute atomic E-state index is 13.2. The number of hydrogen-bond acceptors (Lipinski definition) is 10. The largest absolute Gasteiger partial charge is 0.394 e. The van der Waals surface area contributed by atoms with Crippen LogP contribution in [0.3, 0.4) is 0 Å². The Kier molecular flexibility index (Phi) is 48.0. The second kappa shape index (κ2) is 50.4. The molecule has 8 N–H and O–H groups in total. The SMILES string of the molecule is CCCCCCCCCCCCCCCCCCCCCC/C=C/CC/C=C/CCCC(O)C(O)C(COC1OC(CO)C(O)C(O)C1O)NC(=O)C(O)CCCCCCCCCCCCCCCCCC. The molecule has 0 aliphatic carbocycles. The van der Waals surface area contributed by atoms with Crippen LogP contribution in [-0.2, 0) is 14.3 Å². The van der Waals surface area contributed by atoms with Crippen molar-refractivity contribution >= 4 is 5.91 Å². The molecule has 72 heavy (non-hydrogen) atoms. The Hall–Kier alpha value is -1.41. The number of aliphatic hydroxyl groups is 7.